The summed E-state index contributed by atoms with van der Waals surface area (Å²) in [6, 6.07) is 25.6. The average Bonchev–Trinajstić information content (AvgIpc) is 3.72. The van der Waals surface area contributed by atoms with Crippen LogP contribution in [0.3, 0.4) is 0 Å². The molecule has 0 saturated carbocycles. The second kappa shape index (κ2) is 17.6. The van der Waals surface area contributed by atoms with E-state index in [1.807, 2.05) is 6.07 Å². The minimum Gasteiger partial charge on any atom is -0.423 e. The Balaban J connectivity index is 1.18. The van der Waals surface area contributed by atoms with E-state index < -0.39 is 27.8 Å². The highest BCUT2D eigenvalue weighted by atomic mass is 35.5. The maximum Gasteiger partial charge on any atom is 0.343 e. The van der Waals surface area contributed by atoms with Crippen molar-refractivity contribution in [2.45, 2.75) is 82.1 Å². The summed E-state index contributed by atoms with van der Waals surface area (Å²) in [5, 5.41) is 10.2. The highest BCUT2D eigenvalue weighted by Crippen LogP contribution is 2.32. The molecule has 0 spiro atoms. The molecule has 1 atom stereocenters. The van der Waals surface area contributed by atoms with Crippen molar-refractivity contribution >= 4 is 61.6 Å². The minimum absolute atomic E-state index is 0.0906. The number of carbonyl (C=O) groups is 2. The van der Waals surface area contributed by atoms with Crippen molar-refractivity contribution in [3.8, 4) is 5.75 Å². The van der Waals surface area contributed by atoms with Crippen molar-refractivity contribution in [1.82, 2.24) is 20.4 Å². The Kier molecular flexibility index (Phi) is 12.5. The number of rotatable bonds is 17. The SMILES string of the molecule is CCCCCCCCCCCCS(=O)(=O)c1ccc(N=C2NN(c3ccccc3Cl)C(=O)C2n2nnc3cc(C(=O)Oc4ccccc4)ccc32)cc1. The number of anilines is 1. The first-order valence-electron chi connectivity index (χ1n) is 18.1. The number of fused-ring (bicyclic) bond motifs is 1. The van der Waals surface area contributed by atoms with Crippen LogP contribution in [0.15, 0.2) is 107 Å². The van der Waals surface area contributed by atoms with E-state index in [1.165, 1.54) is 48.2 Å². The Morgan fingerprint density at radius 3 is 2.21 bits per heavy atom. The van der Waals surface area contributed by atoms with Gasteiger partial charge >= 0.3 is 5.97 Å². The van der Waals surface area contributed by atoms with Crippen LogP contribution < -0.4 is 15.2 Å². The van der Waals surface area contributed by atoms with Crippen molar-refractivity contribution in [3.63, 3.8) is 0 Å². The molecule has 5 aromatic rings. The number of carbonyl (C=O) groups excluding carboxylic acids is 2. The number of aromatic nitrogens is 3. The molecular weight excluding hydrogens is 712 g/mol. The van der Waals surface area contributed by atoms with Crippen LogP contribution in [-0.2, 0) is 14.6 Å². The van der Waals surface area contributed by atoms with Gasteiger partial charge in [0.05, 0.1) is 38.1 Å². The molecule has 0 aliphatic carbocycles. The summed E-state index contributed by atoms with van der Waals surface area (Å²) >= 11 is 6.49. The molecule has 2 heterocycles. The van der Waals surface area contributed by atoms with E-state index >= 15 is 0 Å². The van der Waals surface area contributed by atoms with Gasteiger partial charge in [0.15, 0.2) is 21.7 Å². The summed E-state index contributed by atoms with van der Waals surface area (Å²) in [7, 11) is -3.46. The molecule has 6 rings (SSSR count). The zero-order valence-electron chi connectivity index (χ0n) is 29.7. The fourth-order valence-corrected chi connectivity index (χ4v) is 7.86. The van der Waals surface area contributed by atoms with Crippen molar-refractivity contribution < 1.29 is 22.7 Å². The van der Waals surface area contributed by atoms with Crippen LogP contribution in [0.5, 0.6) is 5.75 Å². The zero-order valence-corrected chi connectivity index (χ0v) is 31.2. The van der Waals surface area contributed by atoms with Gasteiger partial charge < -0.3 is 4.74 Å². The minimum atomic E-state index is -3.46. The van der Waals surface area contributed by atoms with Gasteiger partial charge in [0.2, 0.25) is 0 Å². The van der Waals surface area contributed by atoms with Crippen molar-refractivity contribution in [1.29, 1.82) is 0 Å². The van der Waals surface area contributed by atoms with E-state index in [2.05, 4.69) is 22.7 Å². The summed E-state index contributed by atoms with van der Waals surface area (Å²) in [6.07, 6.45) is 11.3. The number of hydrogen-bond donors (Lipinski definition) is 1. The molecule has 4 aromatic carbocycles. The molecule has 1 unspecified atom stereocenters. The summed E-state index contributed by atoms with van der Waals surface area (Å²) in [4.78, 5) is 31.9. The number of aliphatic imine (C=N–C) groups is 1. The summed E-state index contributed by atoms with van der Waals surface area (Å²) < 4.78 is 33.2. The lowest BCUT2D eigenvalue weighted by atomic mass is 10.1. The predicted molar refractivity (Wildman–Crippen MR) is 207 cm³/mol. The maximum absolute atomic E-state index is 14.1. The number of nitrogens with one attached hydrogen (secondary N) is 1. The van der Waals surface area contributed by atoms with Gasteiger partial charge in [0.1, 0.15) is 11.3 Å². The van der Waals surface area contributed by atoms with Gasteiger partial charge in [0, 0.05) is 0 Å². The molecule has 53 heavy (non-hydrogen) atoms. The number of amidine groups is 1. The van der Waals surface area contributed by atoms with Crippen LogP contribution in [0.2, 0.25) is 5.02 Å². The van der Waals surface area contributed by atoms with Crippen LogP contribution in [0.1, 0.15) is 87.5 Å². The first-order chi connectivity index (χ1) is 25.7. The highest BCUT2D eigenvalue weighted by molar-refractivity contribution is 7.91. The third kappa shape index (κ3) is 9.30. The van der Waals surface area contributed by atoms with E-state index in [0.717, 1.165) is 19.3 Å². The topological polar surface area (TPSA) is 136 Å². The van der Waals surface area contributed by atoms with E-state index in [0.29, 0.717) is 39.6 Å². The fourth-order valence-electron chi connectivity index (χ4n) is 6.27. The predicted octanol–water partition coefficient (Wildman–Crippen LogP) is 8.82. The summed E-state index contributed by atoms with van der Waals surface area (Å²) in [5.74, 6) is -0.272. The van der Waals surface area contributed by atoms with Gasteiger partial charge in [-0.3, -0.25) is 10.2 Å². The molecule has 1 saturated heterocycles. The van der Waals surface area contributed by atoms with E-state index in [1.54, 1.807) is 91.0 Å². The van der Waals surface area contributed by atoms with Gasteiger partial charge in [-0.1, -0.05) is 112 Å². The molecule has 1 N–H and O–H groups in total. The van der Waals surface area contributed by atoms with Crippen molar-refractivity contribution in [2.24, 2.45) is 4.99 Å². The Morgan fingerprint density at radius 2 is 1.51 bits per heavy atom. The van der Waals surface area contributed by atoms with Crippen LogP contribution in [0.25, 0.3) is 11.0 Å². The second-order valence-corrected chi connectivity index (χ2v) is 15.6. The molecular formula is C40H43ClN6O5S. The normalized spacial score (nSPS) is 15.3. The molecule has 1 fully saturated rings. The largest absolute Gasteiger partial charge is 0.423 e. The monoisotopic (exact) mass is 754 g/mol. The number of hydrogen-bond acceptors (Lipinski definition) is 8. The molecule has 1 amide bonds. The van der Waals surface area contributed by atoms with Crippen molar-refractivity contribution in [2.75, 3.05) is 10.8 Å². The second-order valence-electron chi connectivity index (χ2n) is 13.1. The first-order valence-corrected chi connectivity index (χ1v) is 20.2. The quantitative estimate of drug-likeness (QED) is 0.0565. The number of unbranched alkanes of at least 4 members (excludes halogenated alkanes) is 9. The van der Waals surface area contributed by atoms with E-state index in [-0.39, 0.29) is 22.0 Å². The van der Waals surface area contributed by atoms with Crippen molar-refractivity contribution in [3.05, 3.63) is 108 Å². The maximum atomic E-state index is 14.1. The third-order valence-corrected chi connectivity index (χ3v) is 11.3. The standard InChI is InChI=1S/C40H43ClN6O5S/c1-2-3-4-5-6-7-8-9-10-16-27-53(50,51)32-24-22-30(23-25-32)42-38-37(39(48)47(44-38)35-20-15-14-19-33(35)41)46-36-26-21-29(28-34(36)43-45-46)40(49)52-31-17-12-11-13-18-31/h11-15,17-26,28,37H,2-10,16,27H2,1H3,(H,42,44). The Morgan fingerprint density at radius 1 is 0.849 bits per heavy atom. The number of sulfone groups is 1. The highest BCUT2D eigenvalue weighted by Gasteiger charge is 2.42. The Bertz CT molecular complexity index is 2170. The number of amides is 1. The summed E-state index contributed by atoms with van der Waals surface area (Å²) in [5.41, 5.74) is 5.03. The van der Waals surface area contributed by atoms with E-state index in [4.69, 9.17) is 21.3 Å². The number of ether oxygens (including phenoxy) is 1. The molecule has 1 aliphatic rings. The lowest BCUT2D eigenvalue weighted by Crippen LogP contribution is -2.36. The van der Waals surface area contributed by atoms with Crippen LogP contribution in [0.4, 0.5) is 11.4 Å². The number of nitrogens with zero attached hydrogens (tertiary/aromatic N) is 5. The Labute approximate surface area is 314 Å². The lowest BCUT2D eigenvalue weighted by Gasteiger charge is -2.17. The third-order valence-electron chi connectivity index (χ3n) is 9.15. The van der Waals surface area contributed by atoms with Crippen LogP contribution in [-0.4, -0.2) is 46.9 Å². The van der Waals surface area contributed by atoms with Gasteiger partial charge in [0.25, 0.3) is 5.91 Å². The number of benzene rings is 4. The smallest absolute Gasteiger partial charge is 0.343 e. The Hall–Kier alpha value is -5.07. The molecule has 0 bridgehead atoms. The van der Waals surface area contributed by atoms with Gasteiger partial charge in [-0.05, 0) is 73.2 Å². The van der Waals surface area contributed by atoms with Gasteiger partial charge in [-0.2, -0.15) is 0 Å². The average molecular weight is 755 g/mol. The number of para-hydroxylation sites is 2. The van der Waals surface area contributed by atoms with Crippen LogP contribution >= 0.6 is 11.6 Å². The van der Waals surface area contributed by atoms with Gasteiger partial charge in [-0.25, -0.2) is 27.9 Å². The van der Waals surface area contributed by atoms with E-state index in [9.17, 15) is 18.0 Å². The molecule has 0 radical (unpaired) electrons. The zero-order chi connectivity index (χ0) is 37.2. The van der Waals surface area contributed by atoms with Gasteiger partial charge in [-0.15, -0.1) is 5.10 Å². The number of esters is 1. The molecule has 276 valence electrons. The fraction of sp³-hybridized carbons (Fsp3) is 0.325. The lowest BCUT2D eigenvalue weighted by molar-refractivity contribution is -0.119. The van der Waals surface area contributed by atoms with Crippen LogP contribution in [0, 0.1) is 0 Å². The molecule has 1 aromatic heterocycles. The molecule has 11 nitrogen and oxygen atoms in total. The molecule has 13 heteroatoms. The number of halogens is 1. The first kappa shape index (κ1) is 37.7. The number of hydrazine groups is 1. The molecule has 1 aliphatic heterocycles. The summed E-state index contributed by atoms with van der Waals surface area (Å²) in [6.45, 7) is 2.22.